The van der Waals surface area contributed by atoms with Crippen molar-refractivity contribution >= 4 is 29.2 Å². The van der Waals surface area contributed by atoms with Crippen LogP contribution in [0.25, 0.3) is 0 Å². The van der Waals surface area contributed by atoms with Gasteiger partial charge >= 0.3 is 5.97 Å². The van der Waals surface area contributed by atoms with Crippen LogP contribution >= 0.6 is 0 Å². The number of nitrogens with two attached hydrogens (primary N) is 1. The summed E-state index contributed by atoms with van der Waals surface area (Å²) in [6.07, 6.45) is 3.73. The Bertz CT molecular complexity index is 1180. The van der Waals surface area contributed by atoms with Gasteiger partial charge in [-0.15, -0.1) is 0 Å². The van der Waals surface area contributed by atoms with Crippen molar-refractivity contribution in [2.75, 3.05) is 57.2 Å². The van der Waals surface area contributed by atoms with Gasteiger partial charge < -0.3 is 30.6 Å². The minimum atomic E-state index is -0.640. The summed E-state index contributed by atoms with van der Waals surface area (Å²) in [5.74, 6) is 1.26. The van der Waals surface area contributed by atoms with Gasteiger partial charge in [-0.25, -0.2) is 9.97 Å². The fourth-order valence-electron chi connectivity index (χ4n) is 5.30. The third kappa shape index (κ3) is 7.60. The number of benzene rings is 1. The van der Waals surface area contributed by atoms with Gasteiger partial charge in [-0.2, -0.15) is 0 Å². The summed E-state index contributed by atoms with van der Waals surface area (Å²) >= 11 is 0. The summed E-state index contributed by atoms with van der Waals surface area (Å²) < 4.78 is 16.4. The fourth-order valence-corrected chi connectivity index (χ4v) is 5.30. The molecule has 0 aliphatic carbocycles. The number of nitrogens with one attached hydrogen (secondary N) is 2. The Morgan fingerprint density at radius 1 is 1.12 bits per heavy atom. The number of anilines is 3. The van der Waals surface area contributed by atoms with Gasteiger partial charge in [0.1, 0.15) is 12.4 Å². The molecule has 2 aromatic rings. The minimum absolute atomic E-state index is 0.0504. The van der Waals surface area contributed by atoms with E-state index < -0.39 is 5.91 Å². The zero-order chi connectivity index (χ0) is 28.6. The van der Waals surface area contributed by atoms with Gasteiger partial charge in [0.25, 0.3) is 5.91 Å². The maximum absolute atomic E-state index is 12.4. The van der Waals surface area contributed by atoms with Crippen molar-refractivity contribution in [3.63, 3.8) is 0 Å². The molecule has 4 rings (SSSR count). The smallest absolute Gasteiger partial charge is 0.302 e. The second-order valence-electron chi connectivity index (χ2n) is 10.7. The van der Waals surface area contributed by atoms with Gasteiger partial charge in [-0.1, -0.05) is 19.9 Å². The number of carbonyl (C=O) groups is 2. The zero-order valence-corrected chi connectivity index (χ0v) is 24.0. The normalized spacial score (nSPS) is 17.0. The molecular weight excluding hydrogens is 512 g/mol. The molecule has 1 aromatic carbocycles. The molecule has 0 radical (unpaired) electrons. The predicted molar refractivity (Wildman–Crippen MR) is 153 cm³/mol. The second kappa shape index (κ2) is 13.8. The number of esters is 1. The molecule has 3 heterocycles. The highest BCUT2D eigenvalue weighted by atomic mass is 16.5. The van der Waals surface area contributed by atoms with E-state index in [9.17, 15) is 9.59 Å². The molecule has 0 saturated carbocycles. The van der Waals surface area contributed by atoms with Crippen LogP contribution in [0.2, 0.25) is 0 Å². The topological polar surface area (TPSA) is 141 Å². The average Bonchev–Trinajstić information content (AvgIpc) is 2.93. The van der Waals surface area contributed by atoms with E-state index in [2.05, 4.69) is 26.6 Å². The number of hydrogen-bond donors (Lipinski definition) is 3. The van der Waals surface area contributed by atoms with Crippen LogP contribution in [-0.2, 0) is 14.3 Å². The number of amides is 1. The van der Waals surface area contributed by atoms with Crippen molar-refractivity contribution in [3.8, 4) is 5.75 Å². The first-order valence-corrected chi connectivity index (χ1v) is 14.1. The summed E-state index contributed by atoms with van der Waals surface area (Å²) in [6, 6.07) is 6.19. The van der Waals surface area contributed by atoms with E-state index >= 15 is 0 Å². The molecule has 11 nitrogen and oxygen atoms in total. The summed E-state index contributed by atoms with van der Waals surface area (Å²) in [4.78, 5) is 35.2. The molecule has 1 aromatic heterocycles. The Labute approximate surface area is 236 Å². The van der Waals surface area contributed by atoms with Crippen LogP contribution in [0.3, 0.4) is 0 Å². The van der Waals surface area contributed by atoms with Crippen molar-refractivity contribution in [2.24, 2.45) is 5.73 Å². The highest BCUT2D eigenvalue weighted by Crippen LogP contribution is 2.37. The molecule has 2 aliphatic heterocycles. The number of hydrogen-bond acceptors (Lipinski definition) is 10. The maximum atomic E-state index is 12.4. The largest absolute Gasteiger partial charge is 0.496 e. The molecule has 1 amide bonds. The monoisotopic (exact) mass is 554 g/mol. The molecule has 2 fully saturated rings. The summed E-state index contributed by atoms with van der Waals surface area (Å²) in [6.45, 7) is 9.90. The van der Waals surface area contributed by atoms with Crippen molar-refractivity contribution in [1.29, 1.82) is 0 Å². The first-order valence-electron chi connectivity index (χ1n) is 14.1. The van der Waals surface area contributed by atoms with Gasteiger partial charge in [0.2, 0.25) is 0 Å². The van der Waals surface area contributed by atoms with Gasteiger partial charge in [0, 0.05) is 44.5 Å². The zero-order valence-electron chi connectivity index (χ0n) is 24.0. The van der Waals surface area contributed by atoms with Gasteiger partial charge in [0.15, 0.2) is 17.3 Å². The molecule has 40 heavy (non-hydrogen) atoms. The predicted octanol–water partition coefficient (Wildman–Crippen LogP) is 3.78. The van der Waals surface area contributed by atoms with Crippen molar-refractivity contribution in [1.82, 2.24) is 14.9 Å². The fraction of sp³-hybridized carbons (Fsp3) is 0.586. The van der Waals surface area contributed by atoms with Gasteiger partial charge in [0.05, 0.1) is 12.8 Å². The maximum Gasteiger partial charge on any atom is 0.302 e. The molecule has 2 aliphatic rings. The lowest BCUT2D eigenvalue weighted by Gasteiger charge is -2.32. The quantitative estimate of drug-likeness (QED) is 0.351. The lowest BCUT2D eigenvalue weighted by molar-refractivity contribution is -0.141. The van der Waals surface area contributed by atoms with Crippen LogP contribution < -0.4 is 21.1 Å². The van der Waals surface area contributed by atoms with Crippen molar-refractivity contribution < 1.29 is 23.8 Å². The Hall–Kier alpha value is -3.44. The Morgan fingerprint density at radius 3 is 2.48 bits per heavy atom. The van der Waals surface area contributed by atoms with Crippen LogP contribution in [0.1, 0.15) is 80.0 Å². The van der Waals surface area contributed by atoms with E-state index in [0.29, 0.717) is 43.1 Å². The lowest BCUT2D eigenvalue weighted by Crippen LogP contribution is -2.35. The number of methoxy groups -OCH3 is 1. The van der Waals surface area contributed by atoms with E-state index in [0.717, 1.165) is 62.3 Å². The highest BCUT2D eigenvalue weighted by molar-refractivity contribution is 5.96. The summed E-state index contributed by atoms with van der Waals surface area (Å²) in [5, 5.41) is 6.79. The van der Waals surface area contributed by atoms with Crippen LogP contribution in [0.4, 0.5) is 17.3 Å². The lowest BCUT2D eigenvalue weighted by atomic mass is 9.88. The van der Waals surface area contributed by atoms with E-state index in [-0.39, 0.29) is 23.6 Å². The number of likely N-dealkylation sites (tertiary alicyclic amines) is 1. The van der Waals surface area contributed by atoms with Crippen LogP contribution in [0.15, 0.2) is 18.2 Å². The number of piperidine rings is 1. The van der Waals surface area contributed by atoms with E-state index in [1.807, 2.05) is 26.0 Å². The Morgan fingerprint density at radius 2 is 1.85 bits per heavy atom. The van der Waals surface area contributed by atoms with Crippen LogP contribution in [0.5, 0.6) is 5.75 Å². The number of ether oxygens (including phenoxy) is 3. The van der Waals surface area contributed by atoms with E-state index in [1.165, 1.54) is 6.92 Å². The van der Waals surface area contributed by atoms with Gasteiger partial charge in [-0.05, 0) is 62.2 Å². The van der Waals surface area contributed by atoms with Crippen LogP contribution in [-0.4, -0.2) is 79.4 Å². The summed E-state index contributed by atoms with van der Waals surface area (Å²) in [5.41, 5.74) is 8.41. The molecule has 4 N–H and O–H groups in total. The molecule has 218 valence electrons. The van der Waals surface area contributed by atoms with Crippen molar-refractivity contribution in [3.05, 3.63) is 35.2 Å². The van der Waals surface area contributed by atoms with E-state index in [4.69, 9.17) is 24.9 Å². The Kier molecular flexibility index (Phi) is 10.2. The summed E-state index contributed by atoms with van der Waals surface area (Å²) in [7, 11) is 1.67. The molecule has 0 unspecified atom stereocenters. The SMILES string of the molecule is COc1cc(Nc2nc(NC3CCOCC3)c(C(C)C)nc2C(N)=O)ccc1C1CCN(CCOC(C)=O)CC1. The minimum Gasteiger partial charge on any atom is -0.496 e. The molecule has 0 spiro atoms. The Balaban J connectivity index is 1.51. The first-order chi connectivity index (χ1) is 19.2. The molecule has 11 heteroatoms. The third-order valence-corrected chi connectivity index (χ3v) is 7.50. The third-order valence-electron chi connectivity index (χ3n) is 7.50. The number of rotatable bonds is 11. The van der Waals surface area contributed by atoms with Crippen molar-refractivity contribution in [2.45, 2.75) is 64.3 Å². The van der Waals surface area contributed by atoms with Crippen LogP contribution in [0, 0.1) is 0 Å². The first kappa shape index (κ1) is 29.5. The number of carbonyl (C=O) groups excluding carboxylic acids is 2. The number of aromatic nitrogens is 2. The van der Waals surface area contributed by atoms with E-state index in [1.54, 1.807) is 7.11 Å². The number of nitrogens with zero attached hydrogens (tertiary/aromatic N) is 3. The second-order valence-corrected chi connectivity index (χ2v) is 10.7. The molecule has 0 atom stereocenters. The molecular formula is C29H42N6O5. The number of primary amides is 1. The average molecular weight is 555 g/mol. The molecule has 0 bridgehead atoms. The standard InChI is InChI=1S/C29H42N6O5/c1-18(2)25-28(31-21-9-14-39-15-10-21)34-29(26(33-25)27(30)37)32-22-5-6-23(24(17-22)38-4)20-7-11-35(12-8-20)13-16-40-19(3)36/h5-6,17-18,20-21H,7-16H2,1-4H3,(H2,30,37)(H2,31,32,34). The molecule has 2 saturated heterocycles. The van der Waals surface area contributed by atoms with Gasteiger partial charge in [-0.3, -0.25) is 14.5 Å². The highest BCUT2D eigenvalue weighted by Gasteiger charge is 2.25.